The summed E-state index contributed by atoms with van der Waals surface area (Å²) in [6.45, 7) is 3.86. The first-order valence-corrected chi connectivity index (χ1v) is 4.83. The molecule has 1 aliphatic heterocycles. The van der Waals surface area contributed by atoms with Gasteiger partial charge in [-0.15, -0.1) is 0 Å². The molecule has 0 saturated carbocycles. The minimum absolute atomic E-state index is 0.142. The van der Waals surface area contributed by atoms with Crippen molar-refractivity contribution in [1.82, 2.24) is 0 Å². The molecular formula is C10H16O4. The van der Waals surface area contributed by atoms with Crippen LogP contribution in [0.2, 0.25) is 0 Å². The van der Waals surface area contributed by atoms with E-state index in [4.69, 9.17) is 4.74 Å². The highest BCUT2D eigenvalue weighted by molar-refractivity contribution is 5.77. The Bertz CT molecular complexity index is 234. The summed E-state index contributed by atoms with van der Waals surface area (Å²) < 4.78 is 9.82. The van der Waals surface area contributed by atoms with Crippen LogP contribution in [0.4, 0.5) is 0 Å². The molecule has 0 spiro atoms. The van der Waals surface area contributed by atoms with Crippen LogP contribution in [0, 0.1) is 11.8 Å². The first kappa shape index (κ1) is 11.0. The second kappa shape index (κ2) is 4.44. The summed E-state index contributed by atoms with van der Waals surface area (Å²) in [7, 11) is 1.36. The lowest BCUT2D eigenvalue weighted by atomic mass is 9.87. The molecule has 1 heterocycles. The van der Waals surface area contributed by atoms with Gasteiger partial charge in [0.05, 0.1) is 13.0 Å². The Morgan fingerprint density at radius 3 is 2.71 bits per heavy atom. The number of esters is 2. The molecule has 0 amide bonds. The smallest absolute Gasteiger partial charge is 0.312 e. The summed E-state index contributed by atoms with van der Waals surface area (Å²) in [5.41, 5.74) is 0. The van der Waals surface area contributed by atoms with E-state index in [0.29, 0.717) is 12.8 Å². The number of carbonyl (C=O) groups excluding carboxylic acids is 2. The Morgan fingerprint density at radius 2 is 2.21 bits per heavy atom. The van der Waals surface area contributed by atoms with E-state index in [1.165, 1.54) is 7.11 Å². The number of rotatable bonds is 2. The normalized spacial score (nSPS) is 27.3. The van der Waals surface area contributed by atoms with Gasteiger partial charge in [-0.05, 0) is 12.3 Å². The third-order valence-electron chi connectivity index (χ3n) is 2.48. The monoisotopic (exact) mass is 200 g/mol. The van der Waals surface area contributed by atoms with Crippen LogP contribution in [-0.4, -0.2) is 25.2 Å². The fourth-order valence-electron chi connectivity index (χ4n) is 1.73. The Hall–Kier alpha value is -1.06. The van der Waals surface area contributed by atoms with Crippen molar-refractivity contribution in [1.29, 1.82) is 0 Å². The third-order valence-corrected chi connectivity index (χ3v) is 2.48. The van der Waals surface area contributed by atoms with Gasteiger partial charge in [-0.2, -0.15) is 0 Å². The predicted octanol–water partition coefficient (Wildman–Crippen LogP) is 1.14. The van der Waals surface area contributed by atoms with Crippen LogP contribution >= 0.6 is 0 Å². The minimum atomic E-state index is -0.330. The molecule has 1 rings (SSSR count). The van der Waals surface area contributed by atoms with Crippen LogP contribution in [0.15, 0.2) is 0 Å². The SMILES string of the molecule is COC(=O)[C@@H]1CCC(=O)O[C@H]1C(C)C. The van der Waals surface area contributed by atoms with Crippen molar-refractivity contribution in [2.45, 2.75) is 32.8 Å². The Kier molecular flexibility index (Phi) is 3.49. The Balaban J connectivity index is 2.72. The first-order chi connectivity index (χ1) is 6.56. The van der Waals surface area contributed by atoms with E-state index in [2.05, 4.69) is 4.74 Å². The number of hydrogen-bond acceptors (Lipinski definition) is 4. The van der Waals surface area contributed by atoms with Gasteiger partial charge in [0.25, 0.3) is 0 Å². The average Bonchev–Trinajstić information content (AvgIpc) is 2.16. The summed E-state index contributed by atoms with van der Waals surface area (Å²) >= 11 is 0. The molecule has 0 aromatic rings. The van der Waals surface area contributed by atoms with Crippen molar-refractivity contribution in [2.75, 3.05) is 7.11 Å². The van der Waals surface area contributed by atoms with Crippen molar-refractivity contribution in [3.8, 4) is 0 Å². The molecule has 1 aliphatic rings. The van der Waals surface area contributed by atoms with E-state index < -0.39 is 0 Å². The molecule has 0 N–H and O–H groups in total. The van der Waals surface area contributed by atoms with Crippen molar-refractivity contribution >= 4 is 11.9 Å². The van der Waals surface area contributed by atoms with Crippen LogP contribution < -0.4 is 0 Å². The van der Waals surface area contributed by atoms with E-state index in [0.717, 1.165) is 0 Å². The van der Waals surface area contributed by atoms with E-state index in [9.17, 15) is 9.59 Å². The second-order valence-corrected chi connectivity index (χ2v) is 3.87. The maximum absolute atomic E-state index is 11.4. The maximum Gasteiger partial charge on any atom is 0.312 e. The number of carbonyl (C=O) groups is 2. The van der Waals surface area contributed by atoms with Crippen LogP contribution in [0.1, 0.15) is 26.7 Å². The molecule has 14 heavy (non-hydrogen) atoms. The molecule has 1 fully saturated rings. The highest BCUT2D eigenvalue weighted by Crippen LogP contribution is 2.27. The minimum Gasteiger partial charge on any atom is -0.469 e. The summed E-state index contributed by atoms with van der Waals surface area (Å²) in [6.07, 6.45) is 0.515. The van der Waals surface area contributed by atoms with Gasteiger partial charge in [0.15, 0.2) is 0 Å². The van der Waals surface area contributed by atoms with Gasteiger partial charge in [-0.3, -0.25) is 9.59 Å². The maximum atomic E-state index is 11.4. The lowest BCUT2D eigenvalue weighted by Crippen LogP contribution is -2.41. The standard InChI is InChI=1S/C10H16O4/c1-6(2)9-7(10(12)13-3)4-5-8(11)14-9/h6-7,9H,4-5H2,1-3H3/t7-,9+/m1/s1. The van der Waals surface area contributed by atoms with Gasteiger partial charge >= 0.3 is 11.9 Å². The Labute approximate surface area is 83.6 Å². The molecule has 1 saturated heterocycles. The zero-order chi connectivity index (χ0) is 10.7. The Morgan fingerprint density at radius 1 is 1.57 bits per heavy atom. The first-order valence-electron chi connectivity index (χ1n) is 4.83. The quantitative estimate of drug-likeness (QED) is 0.627. The molecule has 4 nitrogen and oxygen atoms in total. The van der Waals surface area contributed by atoms with Crippen LogP contribution in [0.25, 0.3) is 0 Å². The summed E-state index contributed by atoms with van der Waals surface area (Å²) in [5, 5.41) is 0. The van der Waals surface area contributed by atoms with E-state index in [1.807, 2.05) is 13.8 Å². The van der Waals surface area contributed by atoms with Crippen molar-refractivity contribution in [3.63, 3.8) is 0 Å². The number of methoxy groups -OCH3 is 1. The molecule has 80 valence electrons. The zero-order valence-corrected chi connectivity index (χ0v) is 8.78. The molecule has 0 radical (unpaired) electrons. The summed E-state index contributed by atoms with van der Waals surface area (Å²) in [4.78, 5) is 22.4. The number of cyclic esters (lactones) is 1. The molecule has 0 bridgehead atoms. The molecule has 4 heteroatoms. The van der Waals surface area contributed by atoms with Crippen LogP contribution in [-0.2, 0) is 19.1 Å². The van der Waals surface area contributed by atoms with Crippen molar-refractivity contribution < 1.29 is 19.1 Å². The predicted molar refractivity (Wildman–Crippen MR) is 49.5 cm³/mol. The molecule has 0 unspecified atom stereocenters. The van der Waals surface area contributed by atoms with Gasteiger partial charge in [-0.25, -0.2) is 0 Å². The lowest BCUT2D eigenvalue weighted by Gasteiger charge is -2.31. The highest BCUT2D eigenvalue weighted by atomic mass is 16.6. The molecule has 0 aromatic heterocycles. The van der Waals surface area contributed by atoms with Gasteiger partial charge in [-0.1, -0.05) is 13.8 Å². The number of ether oxygens (including phenoxy) is 2. The van der Waals surface area contributed by atoms with Crippen molar-refractivity contribution in [3.05, 3.63) is 0 Å². The third kappa shape index (κ3) is 2.25. The summed E-state index contributed by atoms with van der Waals surface area (Å²) in [5.74, 6) is -0.652. The second-order valence-electron chi connectivity index (χ2n) is 3.87. The largest absolute Gasteiger partial charge is 0.469 e. The molecular weight excluding hydrogens is 184 g/mol. The zero-order valence-electron chi connectivity index (χ0n) is 8.78. The van der Waals surface area contributed by atoms with E-state index in [-0.39, 0.29) is 29.9 Å². The molecule has 0 aromatic carbocycles. The number of hydrogen-bond donors (Lipinski definition) is 0. The molecule has 0 aliphatic carbocycles. The topological polar surface area (TPSA) is 52.6 Å². The van der Waals surface area contributed by atoms with E-state index >= 15 is 0 Å². The lowest BCUT2D eigenvalue weighted by molar-refractivity contribution is -0.171. The van der Waals surface area contributed by atoms with Gasteiger partial charge < -0.3 is 9.47 Å². The van der Waals surface area contributed by atoms with E-state index in [1.54, 1.807) is 0 Å². The van der Waals surface area contributed by atoms with Crippen molar-refractivity contribution in [2.24, 2.45) is 11.8 Å². The van der Waals surface area contributed by atoms with Crippen LogP contribution in [0.3, 0.4) is 0 Å². The average molecular weight is 200 g/mol. The van der Waals surface area contributed by atoms with Gasteiger partial charge in [0.1, 0.15) is 6.10 Å². The van der Waals surface area contributed by atoms with Gasteiger partial charge in [0, 0.05) is 6.42 Å². The summed E-state index contributed by atoms with van der Waals surface area (Å²) in [6, 6.07) is 0. The highest BCUT2D eigenvalue weighted by Gasteiger charge is 2.38. The fraction of sp³-hybridized carbons (Fsp3) is 0.800. The fourth-order valence-corrected chi connectivity index (χ4v) is 1.73. The van der Waals surface area contributed by atoms with Crippen LogP contribution in [0.5, 0.6) is 0 Å². The molecule has 2 atom stereocenters. The van der Waals surface area contributed by atoms with Gasteiger partial charge in [0.2, 0.25) is 0 Å².